The first kappa shape index (κ1) is 20.6. The summed E-state index contributed by atoms with van der Waals surface area (Å²) in [5.74, 6) is 1.52. The van der Waals surface area contributed by atoms with Gasteiger partial charge in [-0.05, 0) is 43.5 Å². The van der Waals surface area contributed by atoms with E-state index in [1.807, 2.05) is 7.05 Å². The maximum Gasteiger partial charge on any atom is 0.191 e. The fourth-order valence-corrected chi connectivity index (χ4v) is 4.22. The Bertz CT molecular complexity index is 635. The lowest BCUT2D eigenvalue weighted by Crippen LogP contribution is -2.48. The Morgan fingerprint density at radius 1 is 1.22 bits per heavy atom. The maximum absolute atomic E-state index is 4.42. The van der Waals surface area contributed by atoms with Gasteiger partial charge in [-0.3, -0.25) is 4.99 Å². The number of piperazine rings is 1. The van der Waals surface area contributed by atoms with Crippen molar-refractivity contribution >= 4 is 21.9 Å². The van der Waals surface area contributed by atoms with Gasteiger partial charge in [0.05, 0.1) is 0 Å². The predicted octanol–water partition coefficient (Wildman–Crippen LogP) is 2.53. The van der Waals surface area contributed by atoms with Crippen molar-refractivity contribution in [2.75, 3.05) is 59.9 Å². The monoisotopic (exact) mass is 435 g/mol. The van der Waals surface area contributed by atoms with Gasteiger partial charge >= 0.3 is 0 Å². The van der Waals surface area contributed by atoms with Crippen molar-refractivity contribution in [3.63, 3.8) is 0 Å². The summed E-state index contributed by atoms with van der Waals surface area (Å²) in [7, 11) is 4.07. The van der Waals surface area contributed by atoms with Crippen LogP contribution in [0.3, 0.4) is 0 Å². The molecule has 0 bridgehead atoms. The first-order valence-corrected chi connectivity index (χ1v) is 10.9. The number of hydrogen-bond acceptors (Lipinski definition) is 3. The van der Waals surface area contributed by atoms with Gasteiger partial charge in [-0.2, -0.15) is 0 Å². The van der Waals surface area contributed by atoms with Crippen molar-refractivity contribution in [1.82, 2.24) is 20.4 Å². The Hall–Kier alpha value is -1.11. The lowest BCUT2D eigenvalue weighted by Gasteiger charge is -2.34. The average Bonchev–Trinajstić information content (AvgIpc) is 3.45. The molecule has 6 heteroatoms. The van der Waals surface area contributed by atoms with Gasteiger partial charge in [-0.15, -0.1) is 0 Å². The number of halogens is 1. The molecule has 2 aliphatic rings. The second kappa shape index (κ2) is 9.39. The first-order valence-electron chi connectivity index (χ1n) is 10.1. The number of guanidine groups is 1. The Labute approximate surface area is 172 Å². The predicted molar refractivity (Wildman–Crippen MR) is 118 cm³/mol. The van der Waals surface area contributed by atoms with E-state index in [0.717, 1.165) is 30.1 Å². The third-order valence-electron chi connectivity index (χ3n) is 5.89. The molecule has 1 aliphatic carbocycles. The quantitative estimate of drug-likeness (QED) is 0.509. The fraction of sp³-hybridized carbons (Fsp3) is 0.667. The third kappa shape index (κ3) is 5.93. The molecule has 5 nitrogen and oxygen atoms in total. The van der Waals surface area contributed by atoms with E-state index in [0.29, 0.717) is 5.92 Å². The molecule has 3 rings (SSSR count). The minimum atomic E-state index is 0.271. The zero-order chi connectivity index (χ0) is 19.3. The molecule has 1 aliphatic heterocycles. The van der Waals surface area contributed by atoms with Crippen LogP contribution in [0.15, 0.2) is 33.7 Å². The standard InChI is InChI=1S/C21H34BrN5/c1-17(15-27-11-9-26(3)10-12-27)14-24-20(23-2)25-16-21(7-8-21)18-5-4-6-19(22)13-18/h4-6,13,17H,7-12,14-16H2,1-3H3,(H2,23,24,25). The summed E-state index contributed by atoms with van der Waals surface area (Å²) in [4.78, 5) is 9.41. The van der Waals surface area contributed by atoms with Crippen LogP contribution in [0.5, 0.6) is 0 Å². The van der Waals surface area contributed by atoms with Crippen molar-refractivity contribution in [2.45, 2.75) is 25.2 Å². The van der Waals surface area contributed by atoms with Gasteiger partial charge in [-0.25, -0.2) is 0 Å². The maximum atomic E-state index is 4.42. The number of aliphatic imine (C=N–C) groups is 1. The van der Waals surface area contributed by atoms with E-state index in [1.54, 1.807) is 0 Å². The molecule has 2 fully saturated rings. The zero-order valence-electron chi connectivity index (χ0n) is 17.0. The second-order valence-electron chi connectivity index (χ2n) is 8.31. The second-order valence-corrected chi connectivity index (χ2v) is 9.22. The van der Waals surface area contributed by atoms with Crippen molar-refractivity contribution in [3.8, 4) is 0 Å². The van der Waals surface area contributed by atoms with Gasteiger partial charge in [-0.1, -0.05) is 35.0 Å². The summed E-state index contributed by atoms with van der Waals surface area (Å²) < 4.78 is 1.16. The highest BCUT2D eigenvalue weighted by Crippen LogP contribution is 2.48. The largest absolute Gasteiger partial charge is 0.356 e. The van der Waals surface area contributed by atoms with E-state index in [2.05, 4.69) is 79.6 Å². The number of nitrogens with one attached hydrogen (secondary N) is 2. The van der Waals surface area contributed by atoms with Crippen molar-refractivity contribution in [2.24, 2.45) is 10.9 Å². The molecule has 1 aromatic rings. The summed E-state index contributed by atoms with van der Waals surface area (Å²) in [6.45, 7) is 10.1. The van der Waals surface area contributed by atoms with E-state index in [1.165, 1.54) is 44.6 Å². The van der Waals surface area contributed by atoms with Crippen molar-refractivity contribution in [1.29, 1.82) is 0 Å². The summed E-state index contributed by atoms with van der Waals surface area (Å²) in [6, 6.07) is 8.72. The van der Waals surface area contributed by atoms with E-state index < -0.39 is 0 Å². The van der Waals surface area contributed by atoms with Crippen LogP contribution in [0.25, 0.3) is 0 Å². The van der Waals surface area contributed by atoms with Crippen LogP contribution >= 0.6 is 15.9 Å². The number of hydrogen-bond donors (Lipinski definition) is 2. The molecule has 150 valence electrons. The highest BCUT2D eigenvalue weighted by molar-refractivity contribution is 9.10. The molecule has 1 atom stereocenters. The van der Waals surface area contributed by atoms with Gasteiger partial charge in [0.25, 0.3) is 0 Å². The molecule has 1 heterocycles. The van der Waals surface area contributed by atoms with Crippen LogP contribution in [0, 0.1) is 5.92 Å². The summed E-state index contributed by atoms with van der Waals surface area (Å²) in [6.07, 6.45) is 2.49. The summed E-state index contributed by atoms with van der Waals surface area (Å²) in [5.41, 5.74) is 1.69. The van der Waals surface area contributed by atoms with E-state index in [4.69, 9.17) is 0 Å². The Kier molecular flexibility index (Phi) is 7.17. The number of rotatable bonds is 7. The molecule has 1 saturated heterocycles. The van der Waals surface area contributed by atoms with Crippen molar-refractivity contribution < 1.29 is 0 Å². The Morgan fingerprint density at radius 2 is 1.96 bits per heavy atom. The Morgan fingerprint density at radius 3 is 2.59 bits per heavy atom. The van der Waals surface area contributed by atoms with Crippen LogP contribution in [0.4, 0.5) is 0 Å². The van der Waals surface area contributed by atoms with Gasteiger partial charge in [0.2, 0.25) is 0 Å². The first-order chi connectivity index (χ1) is 13.0. The Balaban J connectivity index is 1.42. The third-order valence-corrected chi connectivity index (χ3v) is 6.39. The number of benzene rings is 1. The van der Waals surface area contributed by atoms with Crippen LogP contribution in [-0.2, 0) is 5.41 Å². The van der Waals surface area contributed by atoms with E-state index in [9.17, 15) is 0 Å². The molecule has 2 N–H and O–H groups in total. The van der Waals surface area contributed by atoms with Gasteiger partial charge < -0.3 is 20.4 Å². The number of likely N-dealkylation sites (N-methyl/N-ethyl adjacent to an activating group) is 1. The van der Waals surface area contributed by atoms with Gasteiger partial charge in [0.1, 0.15) is 0 Å². The highest BCUT2D eigenvalue weighted by atomic mass is 79.9. The summed E-state index contributed by atoms with van der Waals surface area (Å²) >= 11 is 3.60. The molecule has 0 radical (unpaired) electrons. The minimum absolute atomic E-state index is 0.271. The molecule has 1 unspecified atom stereocenters. The lowest BCUT2D eigenvalue weighted by atomic mass is 9.96. The van der Waals surface area contributed by atoms with E-state index in [-0.39, 0.29) is 5.41 Å². The molecule has 0 aromatic heterocycles. The molecular weight excluding hydrogens is 402 g/mol. The van der Waals surface area contributed by atoms with Gasteiger partial charge in [0, 0.05) is 62.7 Å². The molecule has 0 amide bonds. The van der Waals surface area contributed by atoms with Crippen molar-refractivity contribution in [3.05, 3.63) is 34.3 Å². The number of nitrogens with zero attached hydrogens (tertiary/aromatic N) is 3. The topological polar surface area (TPSA) is 42.9 Å². The van der Waals surface area contributed by atoms with Crippen LogP contribution < -0.4 is 10.6 Å². The molecular formula is C21H34BrN5. The molecule has 0 spiro atoms. The fourth-order valence-electron chi connectivity index (χ4n) is 3.82. The summed E-state index contributed by atoms with van der Waals surface area (Å²) in [5, 5.41) is 7.08. The zero-order valence-corrected chi connectivity index (χ0v) is 18.6. The van der Waals surface area contributed by atoms with Crippen LogP contribution in [0.1, 0.15) is 25.3 Å². The highest BCUT2D eigenvalue weighted by Gasteiger charge is 2.44. The molecule has 1 aromatic carbocycles. The lowest BCUT2D eigenvalue weighted by molar-refractivity contribution is 0.139. The van der Waals surface area contributed by atoms with Crippen LogP contribution in [-0.4, -0.2) is 75.7 Å². The average molecular weight is 436 g/mol. The van der Waals surface area contributed by atoms with Gasteiger partial charge in [0.15, 0.2) is 5.96 Å². The van der Waals surface area contributed by atoms with Crippen LogP contribution in [0.2, 0.25) is 0 Å². The van der Waals surface area contributed by atoms with E-state index >= 15 is 0 Å². The SMILES string of the molecule is CN=C(NCC(C)CN1CCN(C)CC1)NCC1(c2cccc(Br)c2)CC1. The molecule has 1 saturated carbocycles. The normalized spacial score (nSPS) is 21.7. The smallest absolute Gasteiger partial charge is 0.191 e. The minimum Gasteiger partial charge on any atom is -0.356 e. The molecule has 27 heavy (non-hydrogen) atoms.